The fourth-order valence-corrected chi connectivity index (χ4v) is 3.05. The van der Waals surface area contributed by atoms with Crippen LogP contribution in [0.1, 0.15) is 48.3 Å². The molecule has 1 atom stereocenters. The topological polar surface area (TPSA) is 73.9 Å². The highest BCUT2D eigenvalue weighted by molar-refractivity contribution is 5.92. The maximum atomic E-state index is 12.3. The minimum Gasteiger partial charge on any atom is -0.454 e. The smallest absolute Gasteiger partial charge is 0.338 e. The van der Waals surface area contributed by atoms with Crippen molar-refractivity contribution in [1.29, 1.82) is 0 Å². The molecule has 1 N–H and O–H groups in total. The van der Waals surface area contributed by atoms with E-state index in [1.165, 1.54) is 5.56 Å². The Morgan fingerprint density at radius 2 is 1.79 bits per heavy atom. The maximum absolute atomic E-state index is 12.3. The van der Waals surface area contributed by atoms with E-state index in [4.69, 9.17) is 14.2 Å². The predicted octanol–water partition coefficient (Wildman–Crippen LogP) is 3.65. The molecule has 0 fully saturated rings. The van der Waals surface area contributed by atoms with Crippen LogP contribution >= 0.6 is 0 Å². The first kappa shape index (κ1) is 19.7. The van der Waals surface area contributed by atoms with Gasteiger partial charge in [-0.2, -0.15) is 0 Å². The minimum absolute atomic E-state index is 0.131. The van der Waals surface area contributed by atoms with Crippen LogP contribution in [0.4, 0.5) is 0 Å². The Bertz CT molecular complexity index is 845. The molecule has 0 radical (unpaired) electrons. The lowest BCUT2D eigenvalue weighted by atomic mass is 9.95. The van der Waals surface area contributed by atoms with Crippen molar-refractivity contribution >= 4 is 11.9 Å². The summed E-state index contributed by atoms with van der Waals surface area (Å²) in [6.45, 7) is 5.97. The number of hydrogen-bond acceptors (Lipinski definition) is 5. The van der Waals surface area contributed by atoms with E-state index in [2.05, 4.69) is 24.4 Å². The van der Waals surface area contributed by atoms with E-state index in [1.807, 2.05) is 26.0 Å². The van der Waals surface area contributed by atoms with Crippen molar-refractivity contribution in [1.82, 2.24) is 5.32 Å². The van der Waals surface area contributed by atoms with Gasteiger partial charge in [-0.3, -0.25) is 4.79 Å². The first-order valence-electron chi connectivity index (χ1n) is 9.43. The van der Waals surface area contributed by atoms with E-state index in [0.29, 0.717) is 17.1 Å². The third kappa shape index (κ3) is 4.63. The number of aryl methyl sites for hydroxylation is 1. The first-order chi connectivity index (χ1) is 13.5. The Kier molecular flexibility index (Phi) is 6.19. The number of hydrogen-bond donors (Lipinski definition) is 1. The molecular formula is C22H25NO5. The molecule has 148 valence electrons. The summed E-state index contributed by atoms with van der Waals surface area (Å²) in [4.78, 5) is 24.6. The third-order valence-electron chi connectivity index (χ3n) is 4.67. The lowest BCUT2D eigenvalue weighted by Gasteiger charge is -2.23. The summed E-state index contributed by atoms with van der Waals surface area (Å²) in [5.74, 6) is 0.354. The second-order valence-corrected chi connectivity index (χ2v) is 7.03. The average Bonchev–Trinajstić information content (AvgIpc) is 3.18. The highest BCUT2D eigenvalue weighted by Crippen LogP contribution is 2.32. The summed E-state index contributed by atoms with van der Waals surface area (Å²) in [6.07, 6.45) is 0.967. The monoisotopic (exact) mass is 383 g/mol. The van der Waals surface area contributed by atoms with Gasteiger partial charge in [0.1, 0.15) is 0 Å². The zero-order valence-corrected chi connectivity index (χ0v) is 16.4. The van der Waals surface area contributed by atoms with Gasteiger partial charge >= 0.3 is 5.97 Å². The molecule has 6 nitrogen and oxygen atoms in total. The van der Waals surface area contributed by atoms with Crippen molar-refractivity contribution < 1.29 is 23.8 Å². The van der Waals surface area contributed by atoms with Crippen LogP contribution in [0.5, 0.6) is 11.5 Å². The minimum atomic E-state index is -0.582. The summed E-state index contributed by atoms with van der Waals surface area (Å²) in [5, 5.41) is 2.96. The number of carbonyl (C=O) groups excluding carboxylic acids is 2. The van der Waals surface area contributed by atoms with E-state index < -0.39 is 5.97 Å². The summed E-state index contributed by atoms with van der Waals surface area (Å²) < 4.78 is 15.6. The van der Waals surface area contributed by atoms with Gasteiger partial charge in [0.25, 0.3) is 5.91 Å². The SMILES string of the molecule is CCc1ccc([C@@H](NC(=O)COC(=O)c2ccc3c(c2)OCO3)C(C)C)cc1. The van der Waals surface area contributed by atoms with Gasteiger partial charge in [0.05, 0.1) is 11.6 Å². The fraction of sp³-hybridized carbons (Fsp3) is 0.364. The van der Waals surface area contributed by atoms with Crippen LogP contribution in [0, 0.1) is 5.92 Å². The van der Waals surface area contributed by atoms with Crippen molar-refractivity contribution in [2.75, 3.05) is 13.4 Å². The number of fused-ring (bicyclic) bond motifs is 1. The van der Waals surface area contributed by atoms with Gasteiger partial charge in [0.15, 0.2) is 18.1 Å². The molecule has 1 heterocycles. The average molecular weight is 383 g/mol. The van der Waals surface area contributed by atoms with Crippen molar-refractivity contribution in [2.45, 2.75) is 33.2 Å². The summed E-state index contributed by atoms with van der Waals surface area (Å²) >= 11 is 0. The van der Waals surface area contributed by atoms with Crippen LogP contribution in [0.25, 0.3) is 0 Å². The Labute approximate surface area is 164 Å². The van der Waals surface area contributed by atoms with E-state index in [1.54, 1.807) is 18.2 Å². The maximum Gasteiger partial charge on any atom is 0.338 e. The number of esters is 1. The molecule has 0 saturated heterocycles. The second-order valence-electron chi connectivity index (χ2n) is 7.03. The molecule has 28 heavy (non-hydrogen) atoms. The van der Waals surface area contributed by atoms with E-state index in [0.717, 1.165) is 12.0 Å². The quantitative estimate of drug-likeness (QED) is 0.739. The lowest BCUT2D eigenvalue weighted by molar-refractivity contribution is -0.125. The van der Waals surface area contributed by atoms with Gasteiger partial charge in [-0.1, -0.05) is 45.0 Å². The number of ether oxygens (including phenoxy) is 3. The standard InChI is InChI=1S/C22H25NO5/c1-4-15-5-7-16(8-6-15)21(14(2)3)23-20(24)12-26-22(25)17-9-10-18-19(11-17)28-13-27-18/h5-11,14,21H,4,12-13H2,1-3H3,(H,23,24)/t21-/m0/s1. The molecule has 1 aliphatic heterocycles. The second kappa shape index (κ2) is 8.78. The van der Waals surface area contributed by atoms with Gasteiger partial charge in [0.2, 0.25) is 6.79 Å². The lowest BCUT2D eigenvalue weighted by Crippen LogP contribution is -2.35. The Morgan fingerprint density at radius 1 is 1.07 bits per heavy atom. The van der Waals surface area contributed by atoms with Crippen molar-refractivity contribution in [3.8, 4) is 11.5 Å². The van der Waals surface area contributed by atoms with Crippen LogP contribution in [0.3, 0.4) is 0 Å². The van der Waals surface area contributed by atoms with E-state index in [9.17, 15) is 9.59 Å². The molecule has 0 aromatic heterocycles. The molecule has 0 aliphatic carbocycles. The molecule has 1 aliphatic rings. The predicted molar refractivity (Wildman–Crippen MR) is 104 cm³/mol. The number of amides is 1. The highest BCUT2D eigenvalue weighted by atomic mass is 16.7. The largest absolute Gasteiger partial charge is 0.454 e. The molecular weight excluding hydrogens is 358 g/mol. The molecule has 0 saturated carbocycles. The summed E-state index contributed by atoms with van der Waals surface area (Å²) in [7, 11) is 0. The van der Waals surface area contributed by atoms with Crippen molar-refractivity contribution in [3.05, 3.63) is 59.2 Å². The first-order valence-corrected chi connectivity index (χ1v) is 9.43. The zero-order chi connectivity index (χ0) is 20.1. The van der Waals surface area contributed by atoms with Crippen LogP contribution in [0.2, 0.25) is 0 Å². The Balaban J connectivity index is 1.57. The Morgan fingerprint density at radius 3 is 2.46 bits per heavy atom. The molecule has 6 heteroatoms. The number of nitrogens with one attached hydrogen (secondary N) is 1. The zero-order valence-electron chi connectivity index (χ0n) is 16.4. The molecule has 2 aromatic carbocycles. The van der Waals surface area contributed by atoms with E-state index in [-0.39, 0.29) is 31.3 Å². The van der Waals surface area contributed by atoms with Crippen LogP contribution in [-0.4, -0.2) is 25.3 Å². The van der Waals surface area contributed by atoms with Gasteiger partial charge in [-0.25, -0.2) is 4.79 Å². The third-order valence-corrected chi connectivity index (χ3v) is 4.67. The van der Waals surface area contributed by atoms with Crippen LogP contribution in [0.15, 0.2) is 42.5 Å². The molecule has 1 amide bonds. The van der Waals surface area contributed by atoms with Crippen molar-refractivity contribution in [2.24, 2.45) is 5.92 Å². The van der Waals surface area contributed by atoms with Gasteiger partial charge in [-0.15, -0.1) is 0 Å². The highest BCUT2D eigenvalue weighted by Gasteiger charge is 2.21. The number of rotatable bonds is 7. The van der Waals surface area contributed by atoms with Crippen molar-refractivity contribution in [3.63, 3.8) is 0 Å². The summed E-state index contributed by atoms with van der Waals surface area (Å²) in [5.41, 5.74) is 2.59. The fourth-order valence-electron chi connectivity index (χ4n) is 3.05. The van der Waals surface area contributed by atoms with E-state index >= 15 is 0 Å². The number of benzene rings is 2. The normalized spacial score (nSPS) is 13.3. The Hall–Kier alpha value is -3.02. The molecule has 0 spiro atoms. The molecule has 0 bridgehead atoms. The van der Waals surface area contributed by atoms with Gasteiger partial charge < -0.3 is 19.5 Å². The van der Waals surface area contributed by atoms with Gasteiger partial charge in [0, 0.05) is 0 Å². The molecule has 2 aromatic rings. The van der Waals surface area contributed by atoms with Gasteiger partial charge in [-0.05, 0) is 41.7 Å². The molecule has 0 unspecified atom stereocenters. The number of carbonyl (C=O) groups is 2. The van der Waals surface area contributed by atoms with Crippen LogP contribution in [-0.2, 0) is 16.0 Å². The van der Waals surface area contributed by atoms with Crippen LogP contribution < -0.4 is 14.8 Å². The summed E-state index contributed by atoms with van der Waals surface area (Å²) in [6, 6.07) is 12.8. The molecule has 3 rings (SSSR count).